The standard InChI is InChI=1S/C39H22N2OS2/c1-3-9-33-26(6-1)29-20-23(11-15-34(29)42-33)41(24-12-16-36-30(21-24)27-7-2-4-10-35(27)43-36)25-13-17-37-31(22-25)39-28-8-5-19-40-32(28)14-18-38(39)44-37/h1-22H. The van der Waals surface area contributed by atoms with Gasteiger partial charge in [-0.15, -0.1) is 22.7 Å². The van der Waals surface area contributed by atoms with Crippen molar-refractivity contribution in [3.63, 3.8) is 0 Å². The molecule has 0 spiro atoms. The summed E-state index contributed by atoms with van der Waals surface area (Å²) in [6.07, 6.45) is 1.87. The highest BCUT2D eigenvalue weighted by Crippen LogP contribution is 2.45. The summed E-state index contributed by atoms with van der Waals surface area (Å²) in [5.41, 5.74) is 6.15. The van der Waals surface area contributed by atoms with Gasteiger partial charge in [-0.3, -0.25) is 4.98 Å². The number of benzene rings is 6. The molecule has 0 unspecified atom stereocenters. The van der Waals surface area contributed by atoms with Crippen molar-refractivity contribution >= 4 is 113 Å². The Hall–Kier alpha value is -5.23. The fourth-order valence-electron chi connectivity index (χ4n) is 6.71. The minimum atomic E-state index is 0.896. The molecule has 0 amide bonds. The number of nitrogens with zero attached hydrogens (tertiary/aromatic N) is 2. The third-order valence-electron chi connectivity index (χ3n) is 8.69. The van der Waals surface area contributed by atoms with Crippen molar-refractivity contribution in [3.05, 3.63) is 134 Å². The Morgan fingerprint density at radius 3 is 1.95 bits per heavy atom. The lowest BCUT2D eigenvalue weighted by atomic mass is 10.1. The molecule has 4 aromatic heterocycles. The monoisotopic (exact) mass is 598 g/mol. The Labute approximate surface area is 259 Å². The zero-order valence-corrected chi connectivity index (χ0v) is 25.0. The molecule has 0 fully saturated rings. The summed E-state index contributed by atoms with van der Waals surface area (Å²) in [5.74, 6) is 0. The smallest absolute Gasteiger partial charge is 0.135 e. The van der Waals surface area contributed by atoms with Crippen LogP contribution in [0.25, 0.3) is 73.2 Å². The van der Waals surface area contributed by atoms with Crippen LogP contribution in [0.1, 0.15) is 0 Å². The molecule has 5 heteroatoms. The molecule has 0 saturated carbocycles. The number of hydrogen-bond acceptors (Lipinski definition) is 5. The van der Waals surface area contributed by atoms with Crippen LogP contribution in [0.4, 0.5) is 17.1 Å². The molecule has 0 aliphatic carbocycles. The van der Waals surface area contributed by atoms with Gasteiger partial charge in [0.05, 0.1) is 5.52 Å². The predicted molar refractivity (Wildman–Crippen MR) is 189 cm³/mol. The Morgan fingerprint density at radius 2 is 1.07 bits per heavy atom. The number of thiophene rings is 2. The van der Waals surface area contributed by atoms with Gasteiger partial charge in [-0.2, -0.15) is 0 Å². The van der Waals surface area contributed by atoms with Crippen molar-refractivity contribution in [2.75, 3.05) is 4.90 Å². The first-order valence-electron chi connectivity index (χ1n) is 14.6. The van der Waals surface area contributed by atoms with E-state index in [2.05, 4.69) is 119 Å². The predicted octanol–water partition coefficient (Wildman–Crippen LogP) is 12.3. The lowest BCUT2D eigenvalue weighted by molar-refractivity contribution is 0.669. The van der Waals surface area contributed by atoms with Crippen molar-refractivity contribution in [2.45, 2.75) is 0 Å². The van der Waals surface area contributed by atoms with Crippen LogP contribution >= 0.6 is 22.7 Å². The van der Waals surface area contributed by atoms with Crippen LogP contribution in [-0.2, 0) is 0 Å². The SMILES string of the molecule is c1ccc2c(c1)oc1ccc(N(c3ccc4sc5ccccc5c4c3)c3ccc4sc5ccc6ncccc6c5c4c3)cc12. The molecule has 0 bridgehead atoms. The molecule has 0 saturated heterocycles. The normalized spacial score (nSPS) is 12.1. The van der Waals surface area contributed by atoms with Crippen LogP contribution in [0.5, 0.6) is 0 Å². The summed E-state index contributed by atoms with van der Waals surface area (Å²) in [7, 11) is 0. The first-order valence-corrected chi connectivity index (χ1v) is 16.2. The average molecular weight is 599 g/mol. The van der Waals surface area contributed by atoms with Gasteiger partial charge in [-0.05, 0) is 84.9 Å². The molecule has 44 heavy (non-hydrogen) atoms. The van der Waals surface area contributed by atoms with Crippen LogP contribution in [0, 0.1) is 0 Å². The van der Waals surface area contributed by atoms with E-state index in [9.17, 15) is 0 Å². The van der Waals surface area contributed by atoms with E-state index >= 15 is 0 Å². The maximum absolute atomic E-state index is 6.21. The highest BCUT2D eigenvalue weighted by atomic mass is 32.1. The number of rotatable bonds is 3. The van der Waals surface area contributed by atoms with E-state index in [4.69, 9.17) is 4.42 Å². The van der Waals surface area contributed by atoms with Crippen LogP contribution in [0.3, 0.4) is 0 Å². The third-order valence-corrected chi connectivity index (χ3v) is 11.0. The number of fused-ring (bicyclic) bond motifs is 11. The molecule has 4 heterocycles. The first kappa shape index (κ1) is 24.2. The minimum absolute atomic E-state index is 0.896. The molecule has 0 radical (unpaired) electrons. The lowest BCUT2D eigenvalue weighted by Gasteiger charge is -2.26. The fraction of sp³-hybridized carbons (Fsp3) is 0. The molecule has 206 valence electrons. The van der Waals surface area contributed by atoms with Crippen LogP contribution in [0.2, 0.25) is 0 Å². The highest BCUT2D eigenvalue weighted by molar-refractivity contribution is 7.26. The van der Waals surface area contributed by atoms with Crippen molar-refractivity contribution < 1.29 is 4.42 Å². The van der Waals surface area contributed by atoms with E-state index in [0.29, 0.717) is 0 Å². The maximum Gasteiger partial charge on any atom is 0.135 e. The van der Waals surface area contributed by atoms with E-state index in [0.717, 1.165) is 44.5 Å². The molecule has 0 N–H and O–H groups in total. The van der Waals surface area contributed by atoms with Gasteiger partial charge in [0, 0.05) is 79.8 Å². The van der Waals surface area contributed by atoms with Gasteiger partial charge in [0.25, 0.3) is 0 Å². The van der Waals surface area contributed by atoms with Gasteiger partial charge in [0.1, 0.15) is 11.2 Å². The second kappa shape index (κ2) is 9.13. The Morgan fingerprint density at radius 1 is 0.455 bits per heavy atom. The van der Waals surface area contributed by atoms with Crippen LogP contribution in [-0.4, -0.2) is 4.98 Å². The Bertz CT molecular complexity index is 2640. The van der Waals surface area contributed by atoms with E-state index in [-0.39, 0.29) is 0 Å². The van der Waals surface area contributed by atoms with Gasteiger partial charge >= 0.3 is 0 Å². The molecule has 0 aliphatic heterocycles. The van der Waals surface area contributed by atoms with Gasteiger partial charge in [-0.1, -0.05) is 42.5 Å². The number of hydrogen-bond donors (Lipinski definition) is 0. The largest absolute Gasteiger partial charge is 0.456 e. The van der Waals surface area contributed by atoms with Crippen LogP contribution in [0.15, 0.2) is 138 Å². The minimum Gasteiger partial charge on any atom is -0.456 e. The number of furan rings is 1. The van der Waals surface area contributed by atoms with Crippen molar-refractivity contribution in [1.29, 1.82) is 0 Å². The fourth-order valence-corrected chi connectivity index (χ4v) is 8.90. The number of para-hydroxylation sites is 1. The lowest BCUT2D eigenvalue weighted by Crippen LogP contribution is -2.09. The summed E-state index contributed by atoms with van der Waals surface area (Å²) in [6.45, 7) is 0. The van der Waals surface area contributed by atoms with Gasteiger partial charge in [0.15, 0.2) is 0 Å². The van der Waals surface area contributed by atoms with E-state index in [1.807, 2.05) is 47.1 Å². The highest BCUT2D eigenvalue weighted by Gasteiger charge is 2.19. The second-order valence-electron chi connectivity index (χ2n) is 11.2. The summed E-state index contributed by atoms with van der Waals surface area (Å²) in [6, 6.07) is 45.8. The van der Waals surface area contributed by atoms with Gasteiger partial charge in [-0.25, -0.2) is 0 Å². The Balaban J connectivity index is 1.26. The second-order valence-corrected chi connectivity index (χ2v) is 13.4. The quantitative estimate of drug-likeness (QED) is 0.203. The Kier molecular flexibility index (Phi) is 5.03. The van der Waals surface area contributed by atoms with E-state index < -0.39 is 0 Å². The molecular weight excluding hydrogens is 577 g/mol. The molecule has 0 aliphatic rings. The van der Waals surface area contributed by atoms with Crippen LogP contribution < -0.4 is 4.90 Å². The molecule has 10 rings (SSSR count). The van der Waals surface area contributed by atoms with Gasteiger partial charge < -0.3 is 9.32 Å². The summed E-state index contributed by atoms with van der Waals surface area (Å²) in [4.78, 5) is 7.04. The topological polar surface area (TPSA) is 29.3 Å². The number of anilines is 3. The summed E-state index contributed by atoms with van der Waals surface area (Å²) in [5, 5.41) is 8.53. The molecule has 3 nitrogen and oxygen atoms in total. The molecule has 10 aromatic rings. The van der Waals surface area contributed by atoms with E-state index in [1.165, 1.54) is 45.7 Å². The molecule has 0 atom stereocenters. The third kappa shape index (κ3) is 3.51. The van der Waals surface area contributed by atoms with E-state index in [1.54, 1.807) is 0 Å². The molecule has 6 aromatic carbocycles. The maximum atomic E-state index is 6.21. The number of pyridine rings is 1. The average Bonchev–Trinajstić information content (AvgIpc) is 3.76. The summed E-state index contributed by atoms with van der Waals surface area (Å²) < 4.78 is 11.4. The first-order chi connectivity index (χ1) is 21.8. The molecular formula is C39H22N2OS2. The van der Waals surface area contributed by atoms with Gasteiger partial charge in [0.2, 0.25) is 0 Å². The zero-order valence-electron chi connectivity index (χ0n) is 23.3. The number of aromatic nitrogens is 1. The van der Waals surface area contributed by atoms with Crippen molar-refractivity contribution in [2.24, 2.45) is 0 Å². The van der Waals surface area contributed by atoms with Crippen molar-refractivity contribution in [1.82, 2.24) is 4.98 Å². The van der Waals surface area contributed by atoms with Crippen molar-refractivity contribution in [3.8, 4) is 0 Å². The zero-order chi connectivity index (χ0) is 28.8. The summed E-state index contributed by atoms with van der Waals surface area (Å²) >= 11 is 3.69.